The molecular weight excluding hydrogens is 232 g/mol. The van der Waals surface area contributed by atoms with Crippen LogP contribution in [0.1, 0.15) is 18.1 Å². The van der Waals surface area contributed by atoms with Gasteiger partial charge in [0.05, 0.1) is 0 Å². The molecule has 1 aromatic rings. The van der Waals surface area contributed by atoms with Crippen molar-refractivity contribution in [2.75, 3.05) is 13.1 Å². The predicted octanol–water partition coefficient (Wildman–Crippen LogP) is 1.15. The lowest BCUT2D eigenvalue weighted by atomic mass is 9.94. The molecule has 0 aromatic heterocycles. The Morgan fingerprint density at radius 1 is 1.39 bits per heavy atom. The van der Waals surface area contributed by atoms with Gasteiger partial charge in [0.15, 0.2) is 0 Å². The fourth-order valence-corrected chi connectivity index (χ4v) is 2.06. The van der Waals surface area contributed by atoms with Crippen LogP contribution in [0.4, 0.5) is 4.79 Å². The molecule has 0 radical (unpaired) electrons. The molecular formula is C13H16N2O3. The summed E-state index contributed by atoms with van der Waals surface area (Å²) in [6, 6.07) is 7.38. The third-order valence-electron chi connectivity index (χ3n) is 3.09. The number of carbonyl (C=O) groups excluding carboxylic acids is 2. The highest BCUT2D eigenvalue weighted by Gasteiger charge is 2.51. The second-order valence-electron chi connectivity index (χ2n) is 4.52. The summed E-state index contributed by atoms with van der Waals surface area (Å²) in [6.07, 6.45) is -0.630. The van der Waals surface area contributed by atoms with Crippen molar-refractivity contribution >= 4 is 12.0 Å². The molecule has 1 fully saturated rings. The third kappa shape index (κ3) is 1.86. The van der Waals surface area contributed by atoms with Crippen molar-refractivity contribution in [3.63, 3.8) is 0 Å². The minimum Gasteiger partial charge on any atom is -0.428 e. The molecule has 2 rings (SSSR count). The Morgan fingerprint density at radius 3 is 2.72 bits per heavy atom. The summed E-state index contributed by atoms with van der Waals surface area (Å²) in [5.41, 5.74) is 5.83. The number of amides is 2. The van der Waals surface area contributed by atoms with E-state index in [2.05, 4.69) is 0 Å². The summed E-state index contributed by atoms with van der Waals surface area (Å²) >= 11 is 0. The summed E-state index contributed by atoms with van der Waals surface area (Å²) in [5.74, 6) is -0.358. The Bertz CT molecular complexity index is 501. The zero-order valence-corrected chi connectivity index (χ0v) is 10.5. The summed E-state index contributed by atoms with van der Waals surface area (Å²) in [6.45, 7) is 3.94. The fraction of sp³-hybridized carbons (Fsp3) is 0.385. The Kier molecular flexibility index (Phi) is 3.09. The lowest BCUT2D eigenvalue weighted by Gasteiger charge is -2.20. The van der Waals surface area contributed by atoms with Gasteiger partial charge >= 0.3 is 6.09 Å². The van der Waals surface area contributed by atoms with Crippen LogP contribution in [-0.4, -0.2) is 30.0 Å². The van der Waals surface area contributed by atoms with E-state index >= 15 is 0 Å². The lowest BCUT2D eigenvalue weighted by molar-refractivity contribution is -0.136. The molecule has 2 amide bonds. The van der Waals surface area contributed by atoms with Gasteiger partial charge in [-0.1, -0.05) is 29.8 Å². The molecule has 5 nitrogen and oxygen atoms in total. The van der Waals surface area contributed by atoms with Crippen LogP contribution >= 0.6 is 0 Å². The standard InChI is InChI=1S/C13H16N2O3/c1-9-4-3-5-10(8-9)13(2)11(16)15(7-6-14)12(17)18-13/h3-5,8H,6-7,14H2,1-2H3/t13-/m0/s1. The molecule has 0 bridgehead atoms. The predicted molar refractivity (Wildman–Crippen MR) is 65.8 cm³/mol. The van der Waals surface area contributed by atoms with Gasteiger partial charge in [0, 0.05) is 18.7 Å². The summed E-state index contributed by atoms with van der Waals surface area (Å²) in [4.78, 5) is 25.0. The van der Waals surface area contributed by atoms with Crippen molar-refractivity contribution < 1.29 is 14.3 Å². The molecule has 1 heterocycles. The normalized spacial score (nSPS) is 23.4. The Morgan fingerprint density at radius 2 is 2.11 bits per heavy atom. The highest BCUT2D eigenvalue weighted by atomic mass is 16.6. The van der Waals surface area contributed by atoms with Gasteiger partial charge in [-0.3, -0.25) is 4.79 Å². The van der Waals surface area contributed by atoms with Crippen LogP contribution in [0.15, 0.2) is 24.3 Å². The first kappa shape index (κ1) is 12.6. The van der Waals surface area contributed by atoms with Crippen molar-refractivity contribution in [3.05, 3.63) is 35.4 Å². The molecule has 1 aromatic carbocycles. The number of carbonyl (C=O) groups is 2. The highest BCUT2D eigenvalue weighted by molar-refractivity contribution is 6.03. The average Bonchev–Trinajstić information content (AvgIpc) is 2.55. The number of benzene rings is 1. The molecule has 1 saturated heterocycles. The number of hydrogen-bond donors (Lipinski definition) is 1. The van der Waals surface area contributed by atoms with E-state index in [4.69, 9.17) is 10.5 Å². The Balaban J connectivity index is 2.38. The number of hydrogen-bond acceptors (Lipinski definition) is 4. The SMILES string of the molecule is Cc1cccc([C@]2(C)OC(=O)N(CCN)C2=O)c1. The van der Waals surface area contributed by atoms with Crippen LogP contribution in [0.3, 0.4) is 0 Å². The monoisotopic (exact) mass is 248 g/mol. The first-order valence-electron chi connectivity index (χ1n) is 5.81. The van der Waals surface area contributed by atoms with Crippen LogP contribution in [0.25, 0.3) is 0 Å². The molecule has 1 aliphatic rings. The van der Waals surface area contributed by atoms with E-state index in [1.165, 1.54) is 0 Å². The number of nitrogens with zero attached hydrogens (tertiary/aromatic N) is 1. The van der Waals surface area contributed by atoms with Gasteiger partial charge in [-0.25, -0.2) is 9.69 Å². The van der Waals surface area contributed by atoms with Gasteiger partial charge in [0.1, 0.15) is 0 Å². The fourth-order valence-electron chi connectivity index (χ4n) is 2.06. The van der Waals surface area contributed by atoms with E-state index in [9.17, 15) is 9.59 Å². The van der Waals surface area contributed by atoms with Gasteiger partial charge in [0.2, 0.25) is 5.60 Å². The minimum absolute atomic E-state index is 0.180. The van der Waals surface area contributed by atoms with E-state index in [1.54, 1.807) is 13.0 Å². The molecule has 0 spiro atoms. The van der Waals surface area contributed by atoms with Gasteiger partial charge in [-0.15, -0.1) is 0 Å². The van der Waals surface area contributed by atoms with E-state index < -0.39 is 11.7 Å². The average molecular weight is 248 g/mol. The van der Waals surface area contributed by atoms with Gasteiger partial charge in [-0.2, -0.15) is 0 Å². The van der Waals surface area contributed by atoms with Crippen LogP contribution in [-0.2, 0) is 15.1 Å². The molecule has 2 N–H and O–H groups in total. The number of rotatable bonds is 3. The van der Waals surface area contributed by atoms with Crippen LogP contribution in [0.2, 0.25) is 0 Å². The number of nitrogens with two attached hydrogens (primary N) is 1. The maximum Gasteiger partial charge on any atom is 0.418 e. The molecule has 1 aliphatic heterocycles. The van der Waals surface area contributed by atoms with Gasteiger partial charge in [0.25, 0.3) is 5.91 Å². The quantitative estimate of drug-likeness (QED) is 0.870. The van der Waals surface area contributed by atoms with E-state index in [0.29, 0.717) is 5.56 Å². The number of aryl methyl sites for hydroxylation is 1. The van der Waals surface area contributed by atoms with E-state index in [1.807, 2.05) is 25.1 Å². The smallest absolute Gasteiger partial charge is 0.418 e. The first-order valence-corrected chi connectivity index (χ1v) is 5.81. The van der Waals surface area contributed by atoms with Gasteiger partial charge in [-0.05, 0) is 13.8 Å². The number of cyclic esters (lactones) is 1. The van der Waals surface area contributed by atoms with Crippen LogP contribution < -0.4 is 5.73 Å². The third-order valence-corrected chi connectivity index (χ3v) is 3.09. The van der Waals surface area contributed by atoms with E-state index in [-0.39, 0.29) is 19.0 Å². The summed E-state index contributed by atoms with van der Waals surface area (Å²) < 4.78 is 5.25. The Labute approximate surface area is 106 Å². The minimum atomic E-state index is -1.24. The zero-order chi connectivity index (χ0) is 13.3. The second-order valence-corrected chi connectivity index (χ2v) is 4.52. The van der Waals surface area contributed by atoms with Crippen molar-refractivity contribution in [1.82, 2.24) is 4.90 Å². The lowest BCUT2D eigenvalue weighted by Crippen LogP contribution is -2.39. The van der Waals surface area contributed by atoms with Crippen molar-refractivity contribution in [2.45, 2.75) is 19.4 Å². The summed E-state index contributed by atoms with van der Waals surface area (Å²) in [5, 5.41) is 0. The maximum absolute atomic E-state index is 12.3. The maximum atomic E-state index is 12.3. The first-order chi connectivity index (χ1) is 8.49. The molecule has 0 aliphatic carbocycles. The number of imide groups is 1. The molecule has 96 valence electrons. The molecule has 1 atom stereocenters. The zero-order valence-electron chi connectivity index (χ0n) is 10.5. The number of ether oxygens (including phenoxy) is 1. The van der Waals surface area contributed by atoms with Crippen LogP contribution in [0.5, 0.6) is 0 Å². The van der Waals surface area contributed by atoms with Crippen molar-refractivity contribution in [3.8, 4) is 0 Å². The summed E-state index contributed by atoms with van der Waals surface area (Å²) in [7, 11) is 0. The van der Waals surface area contributed by atoms with E-state index in [0.717, 1.165) is 10.5 Å². The molecule has 0 saturated carbocycles. The molecule has 5 heteroatoms. The highest BCUT2D eigenvalue weighted by Crippen LogP contribution is 2.34. The molecule has 0 unspecified atom stereocenters. The largest absolute Gasteiger partial charge is 0.428 e. The van der Waals surface area contributed by atoms with Gasteiger partial charge < -0.3 is 10.5 Å². The Hall–Kier alpha value is -1.88. The topological polar surface area (TPSA) is 72.6 Å². The van der Waals surface area contributed by atoms with Crippen LogP contribution in [0, 0.1) is 6.92 Å². The van der Waals surface area contributed by atoms with Crippen molar-refractivity contribution in [1.29, 1.82) is 0 Å². The van der Waals surface area contributed by atoms with Crippen molar-refractivity contribution in [2.24, 2.45) is 5.73 Å². The second kappa shape index (κ2) is 4.42. The molecule has 18 heavy (non-hydrogen) atoms.